The summed E-state index contributed by atoms with van der Waals surface area (Å²) < 4.78 is 1.16. The van der Waals surface area contributed by atoms with Crippen LogP contribution in [0, 0.1) is 12.8 Å². The van der Waals surface area contributed by atoms with Crippen molar-refractivity contribution in [3.8, 4) is 0 Å². The van der Waals surface area contributed by atoms with Crippen molar-refractivity contribution in [3.05, 3.63) is 33.8 Å². The van der Waals surface area contributed by atoms with E-state index in [1.807, 2.05) is 0 Å². The Kier molecular flexibility index (Phi) is 3.44. The van der Waals surface area contributed by atoms with Gasteiger partial charge in [-0.3, -0.25) is 11.3 Å². The SMILES string of the molecule is Cc1cc(C(CC2CC2)NN)ccc1Br. The summed E-state index contributed by atoms with van der Waals surface area (Å²) in [4.78, 5) is 0. The molecule has 0 bridgehead atoms. The van der Waals surface area contributed by atoms with Crippen LogP contribution in [0.3, 0.4) is 0 Å². The van der Waals surface area contributed by atoms with Crippen molar-refractivity contribution in [1.82, 2.24) is 5.43 Å². The highest BCUT2D eigenvalue weighted by molar-refractivity contribution is 9.10. The minimum absolute atomic E-state index is 0.310. The molecule has 3 N–H and O–H groups in total. The summed E-state index contributed by atoms with van der Waals surface area (Å²) in [5.41, 5.74) is 5.48. The molecule has 1 unspecified atom stereocenters. The smallest absolute Gasteiger partial charge is 0.0462 e. The maximum absolute atomic E-state index is 5.61. The van der Waals surface area contributed by atoms with E-state index in [0.717, 1.165) is 16.8 Å². The minimum atomic E-state index is 0.310. The molecule has 1 saturated carbocycles. The first-order chi connectivity index (χ1) is 7.20. The number of hydrogen-bond acceptors (Lipinski definition) is 2. The molecule has 0 heterocycles. The largest absolute Gasteiger partial charge is 0.271 e. The number of aryl methyl sites for hydroxylation is 1. The lowest BCUT2D eigenvalue weighted by Crippen LogP contribution is -2.28. The number of hydrogen-bond donors (Lipinski definition) is 2. The van der Waals surface area contributed by atoms with Gasteiger partial charge in [0.2, 0.25) is 0 Å². The van der Waals surface area contributed by atoms with Crippen molar-refractivity contribution in [2.75, 3.05) is 0 Å². The van der Waals surface area contributed by atoms with Gasteiger partial charge in [0.1, 0.15) is 0 Å². The van der Waals surface area contributed by atoms with E-state index in [1.165, 1.54) is 24.0 Å². The van der Waals surface area contributed by atoms with Gasteiger partial charge in [-0.25, -0.2) is 0 Å². The number of benzene rings is 1. The molecule has 0 saturated heterocycles. The highest BCUT2D eigenvalue weighted by Gasteiger charge is 2.25. The minimum Gasteiger partial charge on any atom is -0.271 e. The summed E-state index contributed by atoms with van der Waals surface area (Å²) in [5, 5.41) is 0. The van der Waals surface area contributed by atoms with Crippen molar-refractivity contribution in [3.63, 3.8) is 0 Å². The number of rotatable bonds is 4. The number of nitrogens with two attached hydrogens (primary N) is 1. The Morgan fingerprint density at radius 2 is 2.27 bits per heavy atom. The Bertz CT molecular complexity index is 347. The van der Waals surface area contributed by atoms with Crippen LogP contribution in [-0.2, 0) is 0 Å². The fourth-order valence-electron chi connectivity index (χ4n) is 1.87. The van der Waals surface area contributed by atoms with Gasteiger partial charge in [-0.05, 0) is 36.5 Å². The van der Waals surface area contributed by atoms with Gasteiger partial charge in [0.05, 0.1) is 0 Å². The summed E-state index contributed by atoms with van der Waals surface area (Å²) >= 11 is 3.51. The Labute approximate surface area is 99.3 Å². The second-order valence-electron chi connectivity index (χ2n) is 4.41. The topological polar surface area (TPSA) is 38.0 Å². The van der Waals surface area contributed by atoms with Gasteiger partial charge >= 0.3 is 0 Å². The monoisotopic (exact) mass is 268 g/mol. The molecule has 0 amide bonds. The van der Waals surface area contributed by atoms with Crippen LogP contribution in [0.2, 0.25) is 0 Å². The fourth-order valence-corrected chi connectivity index (χ4v) is 2.12. The van der Waals surface area contributed by atoms with Crippen molar-refractivity contribution in [2.24, 2.45) is 11.8 Å². The molecule has 3 heteroatoms. The van der Waals surface area contributed by atoms with E-state index in [0.29, 0.717) is 6.04 Å². The second kappa shape index (κ2) is 4.64. The Hall–Kier alpha value is -0.380. The molecule has 1 fully saturated rings. The van der Waals surface area contributed by atoms with E-state index < -0.39 is 0 Å². The van der Waals surface area contributed by atoms with Gasteiger partial charge in [-0.15, -0.1) is 0 Å². The van der Waals surface area contributed by atoms with Gasteiger partial charge in [-0.1, -0.05) is 40.9 Å². The molecule has 0 aromatic heterocycles. The maximum atomic E-state index is 5.61. The van der Waals surface area contributed by atoms with Crippen LogP contribution in [0.1, 0.15) is 36.4 Å². The molecule has 1 aromatic carbocycles. The van der Waals surface area contributed by atoms with Crippen LogP contribution >= 0.6 is 15.9 Å². The van der Waals surface area contributed by atoms with E-state index in [2.05, 4.69) is 46.5 Å². The third-order valence-electron chi connectivity index (χ3n) is 3.05. The molecule has 2 rings (SSSR count). The number of nitrogens with one attached hydrogen (secondary N) is 1. The average Bonchev–Trinajstić information content (AvgIpc) is 3.02. The highest BCUT2D eigenvalue weighted by atomic mass is 79.9. The number of halogens is 1. The molecule has 82 valence electrons. The Balaban J connectivity index is 2.13. The molecule has 1 aromatic rings. The molecule has 1 aliphatic carbocycles. The summed E-state index contributed by atoms with van der Waals surface area (Å²) in [7, 11) is 0. The molecule has 0 aliphatic heterocycles. The predicted molar refractivity (Wildman–Crippen MR) is 66.3 cm³/mol. The summed E-state index contributed by atoms with van der Waals surface area (Å²) in [6, 6.07) is 6.76. The normalized spacial score (nSPS) is 17.8. The van der Waals surface area contributed by atoms with Crippen molar-refractivity contribution in [2.45, 2.75) is 32.2 Å². The lowest BCUT2D eigenvalue weighted by atomic mass is 10.0. The molecular formula is C12H17BrN2. The zero-order valence-corrected chi connectivity index (χ0v) is 10.5. The van der Waals surface area contributed by atoms with Crippen LogP contribution in [0.4, 0.5) is 0 Å². The fraction of sp³-hybridized carbons (Fsp3) is 0.500. The van der Waals surface area contributed by atoms with Crippen molar-refractivity contribution in [1.29, 1.82) is 0 Å². The van der Waals surface area contributed by atoms with E-state index in [-0.39, 0.29) is 0 Å². The molecule has 1 atom stereocenters. The van der Waals surface area contributed by atoms with Crippen LogP contribution in [0.25, 0.3) is 0 Å². The maximum Gasteiger partial charge on any atom is 0.0462 e. The molecular weight excluding hydrogens is 252 g/mol. The van der Waals surface area contributed by atoms with Crippen LogP contribution < -0.4 is 11.3 Å². The van der Waals surface area contributed by atoms with Gasteiger partial charge < -0.3 is 0 Å². The van der Waals surface area contributed by atoms with Gasteiger partial charge in [-0.2, -0.15) is 0 Å². The Morgan fingerprint density at radius 1 is 1.53 bits per heavy atom. The second-order valence-corrected chi connectivity index (χ2v) is 5.26. The molecule has 0 radical (unpaired) electrons. The lowest BCUT2D eigenvalue weighted by Gasteiger charge is -2.16. The number of hydrazine groups is 1. The molecule has 15 heavy (non-hydrogen) atoms. The van der Waals surface area contributed by atoms with Crippen molar-refractivity contribution < 1.29 is 0 Å². The zero-order valence-electron chi connectivity index (χ0n) is 8.96. The van der Waals surface area contributed by atoms with Gasteiger partial charge in [0, 0.05) is 10.5 Å². The summed E-state index contributed by atoms with van der Waals surface area (Å²) in [6.45, 7) is 2.11. The van der Waals surface area contributed by atoms with E-state index in [9.17, 15) is 0 Å². The van der Waals surface area contributed by atoms with E-state index in [4.69, 9.17) is 5.84 Å². The standard InChI is InChI=1S/C12H17BrN2/c1-8-6-10(4-5-11(8)13)12(15-14)7-9-2-3-9/h4-6,9,12,15H,2-3,7,14H2,1H3. The molecule has 2 nitrogen and oxygen atoms in total. The lowest BCUT2D eigenvalue weighted by molar-refractivity contribution is 0.487. The van der Waals surface area contributed by atoms with Crippen LogP contribution in [0.5, 0.6) is 0 Å². The zero-order chi connectivity index (χ0) is 10.8. The van der Waals surface area contributed by atoms with Crippen molar-refractivity contribution >= 4 is 15.9 Å². The predicted octanol–water partition coefficient (Wildman–Crippen LogP) is 3.06. The first-order valence-corrected chi connectivity index (χ1v) is 6.22. The third-order valence-corrected chi connectivity index (χ3v) is 3.94. The Morgan fingerprint density at radius 3 is 2.80 bits per heavy atom. The summed E-state index contributed by atoms with van der Waals surface area (Å²) in [5.74, 6) is 6.49. The highest BCUT2D eigenvalue weighted by Crippen LogP contribution is 2.37. The third kappa shape index (κ3) is 2.80. The first kappa shape index (κ1) is 11.1. The van der Waals surface area contributed by atoms with E-state index in [1.54, 1.807) is 0 Å². The molecule has 1 aliphatic rings. The first-order valence-electron chi connectivity index (χ1n) is 5.43. The van der Waals surface area contributed by atoms with E-state index >= 15 is 0 Å². The average molecular weight is 269 g/mol. The quantitative estimate of drug-likeness (QED) is 0.651. The summed E-state index contributed by atoms with van der Waals surface area (Å²) in [6.07, 6.45) is 3.90. The van der Waals surface area contributed by atoms with Crippen LogP contribution in [0.15, 0.2) is 22.7 Å². The van der Waals surface area contributed by atoms with Gasteiger partial charge in [0.15, 0.2) is 0 Å². The van der Waals surface area contributed by atoms with Crippen LogP contribution in [-0.4, -0.2) is 0 Å². The molecule has 0 spiro atoms. The van der Waals surface area contributed by atoms with Gasteiger partial charge in [0.25, 0.3) is 0 Å².